The number of carbonyl (C=O) groups excluding carboxylic acids is 2. The Kier molecular flexibility index (Phi) is 6.19. The van der Waals surface area contributed by atoms with E-state index in [4.69, 9.17) is 0 Å². The highest BCUT2D eigenvalue weighted by molar-refractivity contribution is 7.16. The molecule has 3 aromatic carbocycles. The minimum Gasteiger partial charge on any atom is -0.322 e. The Balaban J connectivity index is 1.50. The van der Waals surface area contributed by atoms with E-state index in [1.165, 1.54) is 11.3 Å². The average molecular weight is 428 g/mol. The van der Waals surface area contributed by atoms with Gasteiger partial charge in [-0.3, -0.25) is 14.9 Å². The molecule has 1 heterocycles. The van der Waals surface area contributed by atoms with E-state index in [0.717, 1.165) is 22.6 Å². The predicted molar refractivity (Wildman–Crippen MR) is 126 cm³/mol. The van der Waals surface area contributed by atoms with Crippen LogP contribution < -0.4 is 10.6 Å². The summed E-state index contributed by atoms with van der Waals surface area (Å²) in [7, 11) is 0. The summed E-state index contributed by atoms with van der Waals surface area (Å²) in [5, 5.41) is 6.28. The van der Waals surface area contributed by atoms with E-state index >= 15 is 0 Å². The van der Waals surface area contributed by atoms with E-state index in [1.807, 2.05) is 36.4 Å². The van der Waals surface area contributed by atoms with Gasteiger partial charge in [0.2, 0.25) is 0 Å². The summed E-state index contributed by atoms with van der Waals surface area (Å²) in [4.78, 5) is 30.9. The fourth-order valence-electron chi connectivity index (χ4n) is 3.17. The molecule has 5 nitrogen and oxygen atoms in total. The Labute approximate surface area is 184 Å². The van der Waals surface area contributed by atoms with Crippen LogP contribution in [0.3, 0.4) is 0 Å². The second-order valence-electron chi connectivity index (χ2n) is 6.87. The smallest absolute Gasteiger partial charge is 0.257 e. The van der Waals surface area contributed by atoms with E-state index in [-0.39, 0.29) is 11.8 Å². The van der Waals surface area contributed by atoms with E-state index in [1.54, 1.807) is 48.5 Å². The third-order valence-electron chi connectivity index (χ3n) is 4.70. The molecule has 4 rings (SSSR count). The first-order valence-electron chi connectivity index (χ1n) is 9.97. The van der Waals surface area contributed by atoms with Crippen LogP contribution in [0.25, 0.3) is 11.3 Å². The van der Waals surface area contributed by atoms with Gasteiger partial charge in [-0.1, -0.05) is 61.5 Å². The number of hydrogen-bond donors (Lipinski definition) is 2. The van der Waals surface area contributed by atoms with Gasteiger partial charge in [0.1, 0.15) is 0 Å². The molecular formula is C25H21N3O2S. The molecule has 0 saturated heterocycles. The number of nitrogens with one attached hydrogen (secondary N) is 2. The molecule has 0 fully saturated rings. The maximum Gasteiger partial charge on any atom is 0.257 e. The first kappa shape index (κ1) is 20.5. The van der Waals surface area contributed by atoms with Crippen molar-refractivity contribution in [3.63, 3.8) is 0 Å². The summed E-state index contributed by atoms with van der Waals surface area (Å²) in [5.74, 6) is -0.495. The zero-order valence-electron chi connectivity index (χ0n) is 17.0. The summed E-state index contributed by atoms with van der Waals surface area (Å²) in [6.07, 6.45) is 0.832. The second kappa shape index (κ2) is 9.36. The van der Waals surface area contributed by atoms with Crippen LogP contribution >= 0.6 is 11.3 Å². The molecule has 0 aliphatic rings. The van der Waals surface area contributed by atoms with Crippen LogP contribution in [-0.4, -0.2) is 16.8 Å². The number of anilines is 2. The summed E-state index contributed by atoms with van der Waals surface area (Å²) in [6.45, 7) is 2.07. The standard InChI is InChI=1S/C25H21N3O2S/c1-2-21-22(17-10-5-3-6-11-17)27-25(31-21)28-24(30)19-14-9-15-20(16-19)26-23(29)18-12-7-4-8-13-18/h3-16H,2H2,1H3,(H,26,29)(H,27,28,30). The minimum atomic E-state index is -0.271. The zero-order chi connectivity index (χ0) is 21.6. The minimum absolute atomic E-state index is 0.224. The molecular weight excluding hydrogens is 406 g/mol. The van der Waals surface area contributed by atoms with Crippen molar-refractivity contribution in [2.45, 2.75) is 13.3 Å². The number of hydrogen-bond acceptors (Lipinski definition) is 4. The highest BCUT2D eigenvalue weighted by atomic mass is 32.1. The maximum atomic E-state index is 12.8. The Morgan fingerprint density at radius 1 is 0.806 bits per heavy atom. The van der Waals surface area contributed by atoms with Crippen LogP contribution in [0, 0.1) is 0 Å². The number of rotatable bonds is 6. The van der Waals surface area contributed by atoms with Gasteiger partial charge in [-0.25, -0.2) is 4.98 Å². The van der Waals surface area contributed by atoms with Gasteiger partial charge in [-0.15, -0.1) is 11.3 Å². The van der Waals surface area contributed by atoms with Gasteiger partial charge in [0.15, 0.2) is 5.13 Å². The van der Waals surface area contributed by atoms with E-state index < -0.39 is 0 Å². The lowest BCUT2D eigenvalue weighted by Gasteiger charge is -2.07. The molecule has 4 aromatic rings. The SMILES string of the molecule is CCc1sc(NC(=O)c2cccc(NC(=O)c3ccccc3)c2)nc1-c1ccccc1. The van der Waals surface area contributed by atoms with Crippen molar-refractivity contribution in [3.05, 3.63) is 101 Å². The van der Waals surface area contributed by atoms with Crippen LogP contribution in [0.15, 0.2) is 84.9 Å². The number of amides is 2. The van der Waals surface area contributed by atoms with Gasteiger partial charge in [0, 0.05) is 27.3 Å². The Bertz CT molecular complexity index is 1200. The Morgan fingerprint density at radius 3 is 2.16 bits per heavy atom. The number of carbonyl (C=O) groups is 2. The van der Waals surface area contributed by atoms with Gasteiger partial charge in [0.25, 0.3) is 11.8 Å². The molecule has 2 amide bonds. The monoisotopic (exact) mass is 427 g/mol. The fraction of sp³-hybridized carbons (Fsp3) is 0.0800. The van der Waals surface area contributed by atoms with Crippen molar-refractivity contribution in [2.24, 2.45) is 0 Å². The number of benzene rings is 3. The molecule has 1 aromatic heterocycles. The van der Waals surface area contributed by atoms with E-state index in [2.05, 4.69) is 22.5 Å². The van der Waals surface area contributed by atoms with Crippen molar-refractivity contribution in [1.29, 1.82) is 0 Å². The topological polar surface area (TPSA) is 71.1 Å². The molecule has 31 heavy (non-hydrogen) atoms. The zero-order valence-corrected chi connectivity index (χ0v) is 17.8. The average Bonchev–Trinajstić information content (AvgIpc) is 3.23. The number of nitrogens with zero attached hydrogens (tertiary/aromatic N) is 1. The van der Waals surface area contributed by atoms with Crippen LogP contribution in [0.2, 0.25) is 0 Å². The molecule has 0 bridgehead atoms. The molecule has 0 spiro atoms. The lowest BCUT2D eigenvalue weighted by Crippen LogP contribution is -2.14. The first-order chi connectivity index (χ1) is 15.1. The molecule has 0 atom stereocenters. The number of aryl methyl sites for hydroxylation is 1. The van der Waals surface area contributed by atoms with E-state index in [0.29, 0.717) is 21.9 Å². The third kappa shape index (κ3) is 4.87. The van der Waals surface area contributed by atoms with E-state index in [9.17, 15) is 9.59 Å². The van der Waals surface area contributed by atoms with Crippen molar-refractivity contribution < 1.29 is 9.59 Å². The van der Waals surface area contributed by atoms with Crippen LogP contribution in [0.4, 0.5) is 10.8 Å². The lowest BCUT2D eigenvalue weighted by atomic mass is 10.1. The fourth-order valence-corrected chi connectivity index (χ4v) is 4.09. The second-order valence-corrected chi connectivity index (χ2v) is 7.95. The van der Waals surface area contributed by atoms with Crippen molar-refractivity contribution in [3.8, 4) is 11.3 Å². The predicted octanol–water partition coefficient (Wildman–Crippen LogP) is 5.88. The van der Waals surface area contributed by atoms with Crippen LogP contribution in [0.5, 0.6) is 0 Å². The van der Waals surface area contributed by atoms with Gasteiger partial charge in [-0.2, -0.15) is 0 Å². The van der Waals surface area contributed by atoms with Crippen molar-refractivity contribution >= 4 is 34.0 Å². The summed E-state index contributed by atoms with van der Waals surface area (Å²) >= 11 is 1.48. The highest BCUT2D eigenvalue weighted by Crippen LogP contribution is 2.31. The normalized spacial score (nSPS) is 10.5. The molecule has 2 N–H and O–H groups in total. The molecule has 0 aliphatic carbocycles. The summed E-state index contributed by atoms with van der Waals surface area (Å²) < 4.78 is 0. The largest absolute Gasteiger partial charge is 0.322 e. The molecule has 0 unspecified atom stereocenters. The first-order valence-corrected chi connectivity index (χ1v) is 10.8. The Hall–Kier alpha value is -3.77. The lowest BCUT2D eigenvalue weighted by molar-refractivity contribution is 0.101. The number of aromatic nitrogens is 1. The van der Waals surface area contributed by atoms with Crippen LogP contribution in [-0.2, 0) is 6.42 Å². The van der Waals surface area contributed by atoms with Crippen molar-refractivity contribution in [1.82, 2.24) is 4.98 Å². The Morgan fingerprint density at radius 2 is 1.45 bits per heavy atom. The highest BCUT2D eigenvalue weighted by Gasteiger charge is 2.15. The van der Waals surface area contributed by atoms with Gasteiger partial charge >= 0.3 is 0 Å². The molecule has 0 radical (unpaired) electrons. The van der Waals surface area contributed by atoms with Crippen LogP contribution in [0.1, 0.15) is 32.5 Å². The van der Waals surface area contributed by atoms with Gasteiger partial charge < -0.3 is 5.32 Å². The maximum absolute atomic E-state index is 12.8. The molecule has 0 aliphatic heterocycles. The quantitative estimate of drug-likeness (QED) is 0.404. The molecule has 154 valence electrons. The molecule has 0 saturated carbocycles. The molecule has 6 heteroatoms. The van der Waals surface area contributed by atoms with Gasteiger partial charge in [-0.05, 0) is 36.8 Å². The summed E-state index contributed by atoms with van der Waals surface area (Å²) in [5.41, 5.74) is 3.48. The van der Waals surface area contributed by atoms with Crippen molar-refractivity contribution in [2.75, 3.05) is 10.6 Å². The third-order valence-corrected chi connectivity index (χ3v) is 5.82. The number of thiazole rings is 1. The summed E-state index contributed by atoms with van der Waals surface area (Å²) in [6, 6.07) is 25.7. The van der Waals surface area contributed by atoms with Gasteiger partial charge in [0.05, 0.1) is 5.69 Å².